The molecule has 138 valence electrons. The Kier molecular flexibility index (Phi) is 6.41. The van der Waals surface area contributed by atoms with Gasteiger partial charge in [-0.2, -0.15) is 0 Å². The van der Waals surface area contributed by atoms with Crippen molar-refractivity contribution >= 4 is 17.3 Å². The topological polar surface area (TPSA) is 28.9 Å². The molecule has 3 rings (SSSR count). The minimum absolute atomic E-state index is 0.112. The molecule has 0 unspecified atom stereocenters. The predicted octanol–water partition coefficient (Wildman–Crippen LogP) is 1.61. The van der Waals surface area contributed by atoms with Crippen LogP contribution in [0.25, 0.3) is 0 Å². The van der Waals surface area contributed by atoms with Gasteiger partial charge in [0.1, 0.15) is 18.1 Å². The van der Waals surface area contributed by atoms with E-state index in [0.717, 1.165) is 54.7 Å². The minimum Gasteiger partial charge on any atom is -0.497 e. The molecule has 4 nitrogen and oxygen atoms in total. The normalized spacial score (nSPS) is 14.9. The van der Waals surface area contributed by atoms with Gasteiger partial charge in [-0.05, 0) is 36.0 Å². The Hall–Kier alpha value is -2.18. The second kappa shape index (κ2) is 8.96. The summed E-state index contributed by atoms with van der Waals surface area (Å²) in [5.41, 5.74) is 1.95. The molecule has 1 saturated heterocycles. The first-order valence-electron chi connectivity index (χ1n) is 8.88. The van der Waals surface area contributed by atoms with E-state index in [1.807, 2.05) is 36.4 Å². The van der Waals surface area contributed by atoms with E-state index in [0.29, 0.717) is 6.54 Å². The van der Waals surface area contributed by atoms with Crippen molar-refractivity contribution in [2.45, 2.75) is 13.1 Å². The van der Waals surface area contributed by atoms with Gasteiger partial charge in [0.25, 0.3) is 0 Å². The van der Waals surface area contributed by atoms with Gasteiger partial charge in [0, 0.05) is 12.1 Å². The number of halogens is 1. The lowest BCUT2D eigenvalue weighted by Crippen LogP contribution is -3.13. The van der Waals surface area contributed by atoms with Crippen molar-refractivity contribution in [2.24, 2.45) is 0 Å². The molecule has 0 atom stereocenters. The smallest absolute Gasteiger partial charge is 0.169 e. The third kappa shape index (κ3) is 4.93. The van der Waals surface area contributed by atoms with Gasteiger partial charge in [-0.1, -0.05) is 30.3 Å². The number of benzene rings is 2. The molecular weight excluding hydrogens is 349 g/mol. The Morgan fingerprint density at radius 2 is 1.85 bits per heavy atom. The molecule has 1 aliphatic rings. The number of hydrogen-bond acceptors (Lipinski definition) is 2. The fraction of sp³-hybridized carbons (Fsp3) is 0.350. The first-order valence-corrected chi connectivity index (χ1v) is 9.29. The summed E-state index contributed by atoms with van der Waals surface area (Å²) in [5.74, 6) is 0.740. The molecule has 0 bridgehead atoms. The van der Waals surface area contributed by atoms with Crippen molar-refractivity contribution in [3.8, 4) is 5.75 Å². The number of methoxy groups -OCH3 is 1. The Bertz CT molecular complexity index is 730. The summed E-state index contributed by atoms with van der Waals surface area (Å²) in [6.07, 6.45) is 0. The van der Waals surface area contributed by atoms with Gasteiger partial charge in [-0.15, -0.1) is 0 Å². The molecule has 0 aliphatic carbocycles. The molecule has 1 heterocycles. The highest BCUT2D eigenvalue weighted by Gasteiger charge is 2.22. The highest BCUT2D eigenvalue weighted by molar-refractivity contribution is 7.80. The number of piperazine rings is 1. The van der Waals surface area contributed by atoms with Crippen LogP contribution in [-0.2, 0) is 13.1 Å². The van der Waals surface area contributed by atoms with E-state index < -0.39 is 0 Å². The largest absolute Gasteiger partial charge is 0.497 e. The molecule has 0 radical (unpaired) electrons. The van der Waals surface area contributed by atoms with Gasteiger partial charge in [-0.3, -0.25) is 0 Å². The molecule has 2 N–H and O–H groups in total. The van der Waals surface area contributed by atoms with Gasteiger partial charge >= 0.3 is 0 Å². The monoisotopic (exact) mass is 374 g/mol. The summed E-state index contributed by atoms with van der Waals surface area (Å²) in [7, 11) is 1.66. The zero-order valence-electron chi connectivity index (χ0n) is 15.0. The average molecular weight is 375 g/mol. The Morgan fingerprint density at radius 1 is 1.15 bits per heavy atom. The lowest BCUT2D eigenvalue weighted by Gasteiger charge is -2.34. The molecule has 0 amide bonds. The SMILES string of the molecule is COc1ccc(CNC(=S)N2CC[NH+](Cc3ccccc3F)CC2)cc1. The highest BCUT2D eigenvalue weighted by Crippen LogP contribution is 2.11. The van der Waals surface area contributed by atoms with E-state index in [1.54, 1.807) is 13.2 Å². The third-order valence-electron chi connectivity index (χ3n) is 4.76. The molecule has 0 saturated carbocycles. The summed E-state index contributed by atoms with van der Waals surface area (Å²) in [6, 6.07) is 15.0. The number of thiocarbonyl (C=S) groups is 1. The summed E-state index contributed by atoms with van der Waals surface area (Å²) < 4.78 is 19.0. The second-order valence-corrected chi connectivity index (χ2v) is 6.90. The van der Waals surface area contributed by atoms with Crippen LogP contribution >= 0.6 is 12.2 Å². The minimum atomic E-state index is -0.112. The number of ether oxygens (including phenoxy) is 1. The quantitative estimate of drug-likeness (QED) is 0.778. The first-order chi connectivity index (χ1) is 12.7. The molecule has 1 fully saturated rings. The first kappa shape index (κ1) is 18.6. The standard InChI is InChI=1S/C20H24FN3OS/c1-25-18-8-6-16(7-9-18)14-22-20(26)24-12-10-23(11-13-24)15-17-4-2-3-5-19(17)21/h2-9H,10-15H2,1H3,(H,22,26)/p+1. The van der Waals surface area contributed by atoms with Crippen LogP contribution in [0.1, 0.15) is 11.1 Å². The zero-order valence-corrected chi connectivity index (χ0v) is 15.8. The lowest BCUT2D eigenvalue weighted by molar-refractivity contribution is -0.917. The molecule has 0 spiro atoms. The summed E-state index contributed by atoms with van der Waals surface area (Å²) in [4.78, 5) is 3.59. The van der Waals surface area contributed by atoms with E-state index in [2.05, 4.69) is 10.2 Å². The number of quaternary nitrogens is 1. The van der Waals surface area contributed by atoms with Crippen LogP contribution in [0.4, 0.5) is 4.39 Å². The van der Waals surface area contributed by atoms with Crippen molar-refractivity contribution in [1.29, 1.82) is 0 Å². The molecule has 6 heteroatoms. The highest BCUT2D eigenvalue weighted by atomic mass is 32.1. The van der Waals surface area contributed by atoms with E-state index in [-0.39, 0.29) is 5.82 Å². The van der Waals surface area contributed by atoms with Crippen molar-refractivity contribution in [2.75, 3.05) is 33.3 Å². The van der Waals surface area contributed by atoms with Gasteiger partial charge in [0.2, 0.25) is 0 Å². The van der Waals surface area contributed by atoms with Crippen molar-refractivity contribution < 1.29 is 14.0 Å². The van der Waals surface area contributed by atoms with Gasteiger partial charge < -0.3 is 19.9 Å². The number of rotatable bonds is 5. The lowest BCUT2D eigenvalue weighted by atomic mass is 10.2. The maximum absolute atomic E-state index is 13.8. The van der Waals surface area contributed by atoms with E-state index in [9.17, 15) is 4.39 Å². The maximum Gasteiger partial charge on any atom is 0.169 e. The van der Waals surface area contributed by atoms with Crippen LogP contribution in [-0.4, -0.2) is 43.3 Å². The van der Waals surface area contributed by atoms with Gasteiger partial charge in [0.15, 0.2) is 5.11 Å². The van der Waals surface area contributed by atoms with Crippen LogP contribution < -0.4 is 15.0 Å². The van der Waals surface area contributed by atoms with Crippen LogP contribution in [0.3, 0.4) is 0 Å². The molecule has 1 aliphatic heterocycles. The van der Waals surface area contributed by atoms with Gasteiger partial charge in [-0.25, -0.2) is 4.39 Å². The number of hydrogen-bond donors (Lipinski definition) is 2. The van der Waals surface area contributed by atoms with Crippen molar-refractivity contribution in [1.82, 2.24) is 10.2 Å². The second-order valence-electron chi connectivity index (χ2n) is 6.51. The molecule has 26 heavy (non-hydrogen) atoms. The Balaban J connectivity index is 1.43. The van der Waals surface area contributed by atoms with E-state index in [1.165, 1.54) is 11.0 Å². The molecule has 2 aromatic carbocycles. The fourth-order valence-corrected chi connectivity index (χ4v) is 3.40. The average Bonchev–Trinajstić information content (AvgIpc) is 2.69. The third-order valence-corrected chi connectivity index (χ3v) is 5.16. The predicted molar refractivity (Wildman–Crippen MR) is 105 cm³/mol. The zero-order chi connectivity index (χ0) is 18.4. The fourth-order valence-electron chi connectivity index (χ4n) is 3.15. The number of nitrogens with zero attached hydrogens (tertiary/aromatic N) is 1. The van der Waals surface area contributed by atoms with Crippen molar-refractivity contribution in [3.05, 3.63) is 65.5 Å². The molecular formula is C20H25FN3OS+. The van der Waals surface area contributed by atoms with E-state index in [4.69, 9.17) is 17.0 Å². The molecule has 0 aromatic heterocycles. The van der Waals surface area contributed by atoms with Crippen LogP contribution in [0.5, 0.6) is 5.75 Å². The van der Waals surface area contributed by atoms with Crippen LogP contribution in [0.2, 0.25) is 0 Å². The Labute approximate surface area is 159 Å². The van der Waals surface area contributed by atoms with Crippen LogP contribution in [0, 0.1) is 5.82 Å². The van der Waals surface area contributed by atoms with E-state index >= 15 is 0 Å². The maximum atomic E-state index is 13.8. The van der Waals surface area contributed by atoms with Crippen LogP contribution in [0.15, 0.2) is 48.5 Å². The molecule has 2 aromatic rings. The number of nitrogens with one attached hydrogen (secondary N) is 2. The van der Waals surface area contributed by atoms with Crippen molar-refractivity contribution in [3.63, 3.8) is 0 Å². The summed E-state index contributed by atoms with van der Waals surface area (Å²) in [5, 5.41) is 4.11. The summed E-state index contributed by atoms with van der Waals surface area (Å²) >= 11 is 5.53. The van der Waals surface area contributed by atoms with Gasteiger partial charge in [0.05, 0.1) is 33.3 Å². The Morgan fingerprint density at radius 3 is 2.50 bits per heavy atom. The summed E-state index contributed by atoms with van der Waals surface area (Å²) in [6.45, 7) is 5.12.